The molecule has 0 aliphatic heterocycles. The van der Waals surface area contributed by atoms with Gasteiger partial charge in [-0.25, -0.2) is 8.42 Å². The van der Waals surface area contributed by atoms with Gasteiger partial charge < -0.3 is 14.8 Å². The molecule has 1 amide bonds. The smallest absolute Gasteiger partial charge is 0.255 e. The zero-order chi connectivity index (χ0) is 23.1. The highest BCUT2D eigenvalue weighted by Crippen LogP contribution is 2.25. The minimum absolute atomic E-state index is 0.140. The van der Waals surface area contributed by atoms with Crippen LogP contribution >= 0.6 is 0 Å². The predicted molar refractivity (Wildman–Crippen MR) is 126 cm³/mol. The number of amides is 1. The number of anilines is 2. The van der Waals surface area contributed by atoms with Crippen molar-refractivity contribution in [1.29, 1.82) is 0 Å². The number of benzene rings is 3. The van der Waals surface area contributed by atoms with Gasteiger partial charge in [0.1, 0.15) is 11.5 Å². The fourth-order valence-electron chi connectivity index (χ4n) is 3.15. The standard InChI is InChI=1S/C24H26N2O5S/c1-4-31-21-15-13-20(14-16-21)26(32(3,28)29)17-18-9-11-19(12-10-18)24(27)25-22-7-5-6-8-23(22)30-2/h5-16H,4,17H2,1-3H3,(H,25,27). The lowest BCUT2D eigenvalue weighted by Crippen LogP contribution is -2.29. The molecule has 7 nitrogen and oxygen atoms in total. The van der Waals surface area contributed by atoms with Crippen LogP contribution in [0.5, 0.6) is 11.5 Å². The van der Waals surface area contributed by atoms with Crippen molar-refractivity contribution in [2.24, 2.45) is 0 Å². The van der Waals surface area contributed by atoms with Gasteiger partial charge in [0.15, 0.2) is 0 Å². The van der Waals surface area contributed by atoms with Crippen molar-refractivity contribution in [3.8, 4) is 11.5 Å². The first-order valence-electron chi connectivity index (χ1n) is 10.1. The second-order valence-electron chi connectivity index (χ2n) is 7.05. The molecule has 168 valence electrons. The van der Waals surface area contributed by atoms with Gasteiger partial charge in [-0.05, 0) is 61.0 Å². The molecule has 0 radical (unpaired) electrons. The molecule has 0 aromatic heterocycles. The third-order valence-corrected chi connectivity index (χ3v) is 5.87. The van der Waals surface area contributed by atoms with Crippen LogP contribution in [0.15, 0.2) is 72.8 Å². The maximum Gasteiger partial charge on any atom is 0.255 e. The van der Waals surface area contributed by atoms with Crippen molar-refractivity contribution in [3.05, 3.63) is 83.9 Å². The van der Waals surface area contributed by atoms with E-state index < -0.39 is 10.0 Å². The van der Waals surface area contributed by atoms with E-state index in [0.717, 1.165) is 5.56 Å². The largest absolute Gasteiger partial charge is 0.495 e. The quantitative estimate of drug-likeness (QED) is 0.521. The van der Waals surface area contributed by atoms with Gasteiger partial charge in [0, 0.05) is 5.56 Å². The van der Waals surface area contributed by atoms with Crippen LogP contribution in [-0.2, 0) is 16.6 Å². The minimum Gasteiger partial charge on any atom is -0.495 e. The zero-order valence-corrected chi connectivity index (χ0v) is 19.1. The Balaban J connectivity index is 1.75. The molecule has 0 aliphatic carbocycles. The summed E-state index contributed by atoms with van der Waals surface area (Å²) in [5.74, 6) is 0.958. The number of carbonyl (C=O) groups is 1. The van der Waals surface area contributed by atoms with Gasteiger partial charge in [0.05, 0.1) is 37.9 Å². The molecule has 0 saturated carbocycles. The second-order valence-corrected chi connectivity index (χ2v) is 8.95. The van der Waals surface area contributed by atoms with Crippen molar-refractivity contribution in [2.45, 2.75) is 13.5 Å². The summed E-state index contributed by atoms with van der Waals surface area (Å²) in [6, 6.07) is 20.9. The Morgan fingerprint density at radius 3 is 2.22 bits per heavy atom. The molecule has 0 saturated heterocycles. The average molecular weight is 455 g/mol. The molecule has 3 aromatic rings. The molecule has 32 heavy (non-hydrogen) atoms. The van der Waals surface area contributed by atoms with E-state index in [4.69, 9.17) is 9.47 Å². The Bertz CT molecular complexity index is 1160. The van der Waals surface area contributed by atoms with E-state index in [1.165, 1.54) is 17.7 Å². The highest BCUT2D eigenvalue weighted by atomic mass is 32.2. The van der Waals surface area contributed by atoms with Crippen LogP contribution in [0.3, 0.4) is 0 Å². The molecular formula is C24H26N2O5S. The van der Waals surface area contributed by atoms with Gasteiger partial charge in [-0.3, -0.25) is 9.10 Å². The fraction of sp³-hybridized carbons (Fsp3) is 0.208. The van der Waals surface area contributed by atoms with E-state index in [-0.39, 0.29) is 12.5 Å². The van der Waals surface area contributed by atoms with E-state index >= 15 is 0 Å². The molecule has 0 heterocycles. The number of hydrogen-bond acceptors (Lipinski definition) is 5. The van der Waals surface area contributed by atoms with E-state index in [2.05, 4.69) is 5.32 Å². The first kappa shape index (κ1) is 23.1. The SMILES string of the molecule is CCOc1ccc(N(Cc2ccc(C(=O)Nc3ccccc3OC)cc2)S(C)(=O)=O)cc1. The molecule has 0 aliphatic rings. The summed E-state index contributed by atoms with van der Waals surface area (Å²) in [4.78, 5) is 12.6. The van der Waals surface area contributed by atoms with E-state index in [9.17, 15) is 13.2 Å². The lowest BCUT2D eigenvalue weighted by Gasteiger charge is -2.23. The van der Waals surface area contributed by atoms with Crippen LogP contribution in [0.4, 0.5) is 11.4 Å². The van der Waals surface area contributed by atoms with E-state index in [0.29, 0.717) is 35.0 Å². The number of para-hydroxylation sites is 2. The molecule has 3 aromatic carbocycles. The van der Waals surface area contributed by atoms with Crippen molar-refractivity contribution in [2.75, 3.05) is 29.6 Å². The number of carbonyl (C=O) groups excluding carboxylic acids is 1. The van der Waals surface area contributed by atoms with Gasteiger partial charge >= 0.3 is 0 Å². The summed E-state index contributed by atoms with van der Waals surface area (Å²) in [5, 5.41) is 2.82. The van der Waals surface area contributed by atoms with Gasteiger partial charge in [0.25, 0.3) is 5.91 Å². The van der Waals surface area contributed by atoms with Gasteiger partial charge in [0.2, 0.25) is 10.0 Å². The van der Waals surface area contributed by atoms with E-state index in [1.54, 1.807) is 60.7 Å². The number of rotatable bonds is 9. The summed E-state index contributed by atoms with van der Waals surface area (Å²) in [6.45, 7) is 2.56. The van der Waals surface area contributed by atoms with Crippen LogP contribution < -0.4 is 19.1 Å². The Labute approximate surface area is 188 Å². The molecule has 0 atom stereocenters. The highest BCUT2D eigenvalue weighted by molar-refractivity contribution is 7.92. The Morgan fingerprint density at radius 2 is 1.62 bits per heavy atom. The summed E-state index contributed by atoms with van der Waals surface area (Å²) in [6.07, 6.45) is 1.17. The number of nitrogens with one attached hydrogen (secondary N) is 1. The predicted octanol–water partition coefficient (Wildman–Crippen LogP) is 4.31. The first-order valence-corrected chi connectivity index (χ1v) is 11.9. The van der Waals surface area contributed by atoms with Crippen molar-refractivity contribution >= 4 is 27.3 Å². The second kappa shape index (κ2) is 10.2. The van der Waals surface area contributed by atoms with Gasteiger partial charge in [-0.1, -0.05) is 24.3 Å². The number of hydrogen-bond donors (Lipinski definition) is 1. The molecule has 0 bridgehead atoms. The van der Waals surface area contributed by atoms with Crippen LogP contribution in [0.1, 0.15) is 22.8 Å². The van der Waals surface area contributed by atoms with Crippen LogP contribution in [0, 0.1) is 0 Å². The summed E-state index contributed by atoms with van der Waals surface area (Å²) < 4.78 is 36.8. The summed E-state index contributed by atoms with van der Waals surface area (Å²) in [5.41, 5.74) is 2.31. The van der Waals surface area contributed by atoms with Crippen LogP contribution in [0.2, 0.25) is 0 Å². The Hall–Kier alpha value is -3.52. The summed E-state index contributed by atoms with van der Waals surface area (Å²) >= 11 is 0. The maximum absolute atomic E-state index is 12.6. The number of nitrogens with zero attached hydrogens (tertiary/aromatic N) is 1. The first-order chi connectivity index (χ1) is 15.3. The monoisotopic (exact) mass is 454 g/mol. The Kier molecular flexibility index (Phi) is 7.37. The third kappa shape index (κ3) is 5.79. The normalized spacial score (nSPS) is 11.0. The van der Waals surface area contributed by atoms with Gasteiger partial charge in [-0.2, -0.15) is 0 Å². The lowest BCUT2D eigenvalue weighted by atomic mass is 10.1. The minimum atomic E-state index is -3.52. The molecule has 3 rings (SSSR count). The highest BCUT2D eigenvalue weighted by Gasteiger charge is 2.18. The molecule has 0 fully saturated rings. The number of ether oxygens (including phenoxy) is 2. The zero-order valence-electron chi connectivity index (χ0n) is 18.2. The van der Waals surface area contributed by atoms with Crippen LogP contribution in [-0.4, -0.2) is 34.3 Å². The third-order valence-electron chi connectivity index (χ3n) is 4.73. The molecular weight excluding hydrogens is 428 g/mol. The van der Waals surface area contributed by atoms with Crippen molar-refractivity contribution < 1.29 is 22.7 Å². The Morgan fingerprint density at radius 1 is 0.969 bits per heavy atom. The lowest BCUT2D eigenvalue weighted by molar-refractivity contribution is 0.102. The molecule has 1 N–H and O–H groups in total. The molecule has 0 unspecified atom stereocenters. The summed E-state index contributed by atoms with van der Waals surface area (Å²) in [7, 11) is -1.98. The molecule has 0 spiro atoms. The van der Waals surface area contributed by atoms with Crippen molar-refractivity contribution in [1.82, 2.24) is 0 Å². The topological polar surface area (TPSA) is 84.9 Å². The maximum atomic E-state index is 12.6. The number of sulfonamides is 1. The molecule has 8 heteroatoms. The average Bonchev–Trinajstić information content (AvgIpc) is 2.78. The van der Waals surface area contributed by atoms with Crippen molar-refractivity contribution in [3.63, 3.8) is 0 Å². The van der Waals surface area contributed by atoms with E-state index in [1.807, 2.05) is 19.1 Å². The fourth-order valence-corrected chi connectivity index (χ4v) is 4.03. The number of methoxy groups -OCH3 is 1. The van der Waals surface area contributed by atoms with Crippen LogP contribution in [0.25, 0.3) is 0 Å². The van der Waals surface area contributed by atoms with Gasteiger partial charge in [-0.15, -0.1) is 0 Å².